The van der Waals surface area contributed by atoms with Gasteiger partial charge in [-0.25, -0.2) is 0 Å². The molecule has 32 heavy (non-hydrogen) atoms. The number of ether oxygens (including phenoxy) is 3. The molecule has 0 spiro atoms. The maximum absolute atomic E-state index is 12.3. The molecular weight excluding hydrogens is 416 g/mol. The van der Waals surface area contributed by atoms with E-state index in [1.807, 2.05) is 0 Å². The minimum atomic E-state index is -0.902. The Morgan fingerprint density at radius 1 is 1.22 bits per heavy atom. The second-order valence-corrected chi connectivity index (χ2v) is 8.02. The third-order valence-electron chi connectivity index (χ3n) is 5.46. The van der Waals surface area contributed by atoms with Gasteiger partial charge in [0.2, 0.25) is 12.7 Å². The van der Waals surface area contributed by atoms with Crippen LogP contribution in [0.5, 0.6) is 17.2 Å². The zero-order valence-electron chi connectivity index (χ0n) is 17.8. The summed E-state index contributed by atoms with van der Waals surface area (Å²) in [6.07, 6.45) is 7.56. The van der Waals surface area contributed by atoms with Gasteiger partial charge in [-0.2, -0.15) is 5.10 Å². The average molecular weight is 444 g/mol. The third-order valence-corrected chi connectivity index (χ3v) is 5.46. The summed E-state index contributed by atoms with van der Waals surface area (Å²) in [5.41, 5.74) is 0.319. The van der Waals surface area contributed by atoms with Crippen LogP contribution >= 0.6 is 0 Å². The zero-order chi connectivity index (χ0) is 22.3. The highest BCUT2D eigenvalue weighted by Gasteiger charge is 2.18. The maximum atomic E-state index is 12.3. The Morgan fingerprint density at radius 3 is 2.88 bits per heavy atom. The number of hydrogen-bond donors (Lipinski definition) is 3. The van der Waals surface area contributed by atoms with Crippen LogP contribution in [0, 0.1) is 0 Å². The number of nitrogens with zero attached hydrogens (tertiary/aromatic N) is 2. The first-order chi connectivity index (χ1) is 15.6. The largest absolute Gasteiger partial charge is 0.491 e. The molecule has 1 unspecified atom stereocenters. The van der Waals surface area contributed by atoms with E-state index in [0.29, 0.717) is 22.8 Å². The molecule has 1 saturated carbocycles. The fourth-order valence-corrected chi connectivity index (χ4v) is 3.77. The fraction of sp³-hybridized carbons (Fsp3) is 0.500. The number of aliphatic hydroxyl groups is 1. The number of benzene rings is 1. The van der Waals surface area contributed by atoms with Crippen LogP contribution in [-0.4, -0.2) is 58.8 Å². The lowest BCUT2D eigenvalue weighted by Crippen LogP contribution is -2.38. The molecule has 1 atom stereocenters. The molecule has 1 aliphatic heterocycles. The van der Waals surface area contributed by atoms with E-state index in [9.17, 15) is 14.7 Å². The first kappa shape index (κ1) is 21.9. The van der Waals surface area contributed by atoms with E-state index >= 15 is 0 Å². The average Bonchev–Trinajstić information content (AvgIpc) is 3.45. The highest BCUT2D eigenvalue weighted by molar-refractivity contribution is 5.93. The molecule has 0 bridgehead atoms. The second kappa shape index (κ2) is 10.4. The van der Waals surface area contributed by atoms with E-state index in [4.69, 9.17) is 14.2 Å². The summed E-state index contributed by atoms with van der Waals surface area (Å²) in [4.78, 5) is 24.5. The Kier molecular flexibility index (Phi) is 7.10. The molecule has 4 rings (SSSR count). The minimum Gasteiger partial charge on any atom is -0.491 e. The Morgan fingerprint density at radius 2 is 2.03 bits per heavy atom. The third kappa shape index (κ3) is 5.91. The SMILES string of the molecule is O=C(Cn1cc(C(=O)NCC(O)COc2ccc3c(c2)OCO3)cn1)NC1CCCCC1. The molecule has 1 aromatic carbocycles. The van der Waals surface area contributed by atoms with Gasteiger partial charge in [-0.3, -0.25) is 14.3 Å². The summed E-state index contributed by atoms with van der Waals surface area (Å²) in [5, 5.41) is 19.9. The normalized spacial score (nSPS) is 16.4. The maximum Gasteiger partial charge on any atom is 0.254 e. The first-order valence-electron chi connectivity index (χ1n) is 10.9. The topological polar surface area (TPSA) is 124 Å². The molecule has 0 radical (unpaired) electrons. The molecule has 2 aliphatic rings. The predicted octanol–water partition coefficient (Wildman–Crippen LogP) is 1.23. The van der Waals surface area contributed by atoms with Crippen LogP contribution in [0.2, 0.25) is 0 Å². The van der Waals surface area contributed by atoms with Gasteiger partial charge in [0, 0.05) is 24.8 Å². The van der Waals surface area contributed by atoms with Gasteiger partial charge in [0.25, 0.3) is 5.91 Å². The molecule has 10 heteroatoms. The van der Waals surface area contributed by atoms with E-state index in [1.54, 1.807) is 18.2 Å². The van der Waals surface area contributed by atoms with E-state index in [2.05, 4.69) is 15.7 Å². The first-order valence-corrected chi connectivity index (χ1v) is 10.9. The lowest BCUT2D eigenvalue weighted by Gasteiger charge is -2.22. The van der Waals surface area contributed by atoms with Gasteiger partial charge in [0.05, 0.1) is 11.8 Å². The van der Waals surface area contributed by atoms with Crippen molar-refractivity contribution >= 4 is 11.8 Å². The zero-order valence-corrected chi connectivity index (χ0v) is 17.8. The number of aliphatic hydroxyl groups excluding tert-OH is 1. The fourth-order valence-electron chi connectivity index (χ4n) is 3.77. The molecule has 1 fully saturated rings. The molecular formula is C22H28N4O6. The minimum absolute atomic E-state index is 0.000519. The summed E-state index contributed by atoms with van der Waals surface area (Å²) in [5.74, 6) is 1.29. The smallest absolute Gasteiger partial charge is 0.254 e. The number of carbonyl (C=O) groups excluding carboxylic acids is 2. The molecule has 1 aromatic heterocycles. The van der Waals surface area contributed by atoms with E-state index < -0.39 is 6.10 Å². The summed E-state index contributed by atoms with van der Waals surface area (Å²) in [6.45, 7) is 0.252. The molecule has 172 valence electrons. The summed E-state index contributed by atoms with van der Waals surface area (Å²) in [7, 11) is 0. The quantitative estimate of drug-likeness (QED) is 0.531. The molecule has 2 heterocycles. The monoisotopic (exact) mass is 444 g/mol. The molecule has 1 aliphatic carbocycles. The summed E-state index contributed by atoms with van der Waals surface area (Å²) < 4.78 is 17.5. The van der Waals surface area contributed by atoms with Gasteiger partial charge in [-0.1, -0.05) is 19.3 Å². The Balaban J connectivity index is 1.17. The van der Waals surface area contributed by atoms with Gasteiger partial charge >= 0.3 is 0 Å². The van der Waals surface area contributed by atoms with Gasteiger partial charge in [0.1, 0.15) is 25.0 Å². The molecule has 2 aromatic rings. The van der Waals surface area contributed by atoms with Gasteiger partial charge in [0.15, 0.2) is 11.5 Å². The van der Waals surface area contributed by atoms with Crippen LogP contribution in [0.15, 0.2) is 30.6 Å². The van der Waals surface area contributed by atoms with Crippen LogP contribution in [-0.2, 0) is 11.3 Å². The van der Waals surface area contributed by atoms with Crippen molar-refractivity contribution in [1.29, 1.82) is 0 Å². The van der Waals surface area contributed by atoms with Crippen molar-refractivity contribution in [2.24, 2.45) is 0 Å². The van der Waals surface area contributed by atoms with Crippen molar-refractivity contribution in [3.05, 3.63) is 36.2 Å². The molecule has 0 saturated heterocycles. The Labute approximate surface area is 185 Å². The number of carbonyl (C=O) groups is 2. The molecule has 10 nitrogen and oxygen atoms in total. The van der Waals surface area contributed by atoms with Crippen LogP contribution in [0.25, 0.3) is 0 Å². The molecule has 3 N–H and O–H groups in total. The molecule has 2 amide bonds. The van der Waals surface area contributed by atoms with Crippen molar-refractivity contribution in [2.75, 3.05) is 19.9 Å². The second-order valence-electron chi connectivity index (χ2n) is 8.02. The van der Waals surface area contributed by atoms with Crippen molar-refractivity contribution in [3.8, 4) is 17.2 Å². The standard InChI is InChI=1S/C22H28N4O6/c27-17(13-30-18-6-7-19-20(8-18)32-14-31-19)10-23-22(29)15-9-24-26(11-15)12-21(28)25-16-4-2-1-3-5-16/h6-9,11,16-17,27H,1-5,10,12-14H2,(H,23,29)(H,25,28). The number of fused-ring (bicyclic) bond motifs is 1. The van der Waals surface area contributed by atoms with Gasteiger partial charge < -0.3 is 30.0 Å². The number of nitrogens with one attached hydrogen (secondary N) is 2. The summed E-state index contributed by atoms with van der Waals surface area (Å²) >= 11 is 0. The van der Waals surface area contributed by atoms with E-state index in [-0.39, 0.29) is 44.3 Å². The Hall–Kier alpha value is -3.27. The van der Waals surface area contributed by atoms with Crippen LogP contribution in [0.4, 0.5) is 0 Å². The van der Waals surface area contributed by atoms with E-state index in [1.165, 1.54) is 23.5 Å². The van der Waals surface area contributed by atoms with Crippen LogP contribution in [0.3, 0.4) is 0 Å². The van der Waals surface area contributed by atoms with Crippen molar-refractivity contribution in [1.82, 2.24) is 20.4 Å². The number of amides is 2. The van der Waals surface area contributed by atoms with Crippen molar-refractivity contribution in [2.45, 2.75) is 50.8 Å². The summed E-state index contributed by atoms with van der Waals surface area (Å²) in [6, 6.07) is 5.37. The van der Waals surface area contributed by atoms with Crippen LogP contribution in [0.1, 0.15) is 42.5 Å². The lowest BCUT2D eigenvalue weighted by atomic mass is 9.95. The number of aromatic nitrogens is 2. The highest BCUT2D eigenvalue weighted by Crippen LogP contribution is 2.35. The van der Waals surface area contributed by atoms with Crippen molar-refractivity contribution in [3.63, 3.8) is 0 Å². The van der Waals surface area contributed by atoms with Gasteiger partial charge in [-0.05, 0) is 25.0 Å². The van der Waals surface area contributed by atoms with Crippen LogP contribution < -0.4 is 24.8 Å². The van der Waals surface area contributed by atoms with Gasteiger partial charge in [-0.15, -0.1) is 0 Å². The lowest BCUT2D eigenvalue weighted by molar-refractivity contribution is -0.122. The Bertz CT molecular complexity index is 940. The van der Waals surface area contributed by atoms with E-state index in [0.717, 1.165) is 25.7 Å². The number of rotatable bonds is 9. The van der Waals surface area contributed by atoms with Crippen molar-refractivity contribution < 1.29 is 28.9 Å². The highest BCUT2D eigenvalue weighted by atomic mass is 16.7. The predicted molar refractivity (Wildman–Crippen MR) is 114 cm³/mol. The number of hydrogen-bond acceptors (Lipinski definition) is 7.